The molecule has 0 saturated carbocycles. The zero-order valence-electron chi connectivity index (χ0n) is 12.2. The van der Waals surface area contributed by atoms with Crippen molar-refractivity contribution in [2.75, 3.05) is 0 Å². The molecule has 0 saturated heterocycles. The van der Waals surface area contributed by atoms with E-state index in [0.29, 0.717) is 0 Å². The molecular weight excluding hydrogens is 240 g/mol. The van der Waals surface area contributed by atoms with Gasteiger partial charge in [0.1, 0.15) is 0 Å². The van der Waals surface area contributed by atoms with Crippen LogP contribution in [0, 0.1) is 6.42 Å². The summed E-state index contributed by atoms with van der Waals surface area (Å²) in [4.78, 5) is 0. The van der Waals surface area contributed by atoms with Crippen molar-refractivity contribution in [2.24, 2.45) is 0 Å². The first kappa shape index (κ1) is 30.0. The molecule has 0 spiro atoms. The van der Waals surface area contributed by atoms with E-state index < -0.39 is 0 Å². The van der Waals surface area contributed by atoms with Crippen molar-refractivity contribution >= 4 is 0 Å². The third-order valence-electron chi connectivity index (χ3n) is 0. The Kier molecular flexibility index (Phi) is 55.5. The minimum atomic E-state index is -0.167. The van der Waals surface area contributed by atoms with E-state index in [2.05, 4.69) is 0 Å². The normalized spacial score (nSPS) is 7.88. The van der Waals surface area contributed by atoms with Crippen LogP contribution in [0.2, 0.25) is 0 Å². The van der Waals surface area contributed by atoms with E-state index in [4.69, 9.17) is 15.3 Å². The van der Waals surface area contributed by atoms with Gasteiger partial charge in [0.15, 0.2) is 0 Å². The van der Waals surface area contributed by atoms with Crippen LogP contribution < -0.4 is 0 Å². The fourth-order valence-corrected chi connectivity index (χ4v) is 0. The molecular formula is C12H31O3Ti-. The predicted octanol–water partition coefficient (Wildman–Crippen LogP) is 2.39. The first-order valence-electron chi connectivity index (χ1n) is 5.39. The second-order valence-electron chi connectivity index (χ2n) is 3.86. The summed E-state index contributed by atoms with van der Waals surface area (Å²) >= 11 is 0. The molecule has 0 unspecified atom stereocenters. The predicted molar refractivity (Wildman–Crippen MR) is 67.7 cm³/mol. The largest absolute Gasteiger partial charge is 0.394 e. The third-order valence-corrected chi connectivity index (χ3v) is 0. The summed E-state index contributed by atoms with van der Waals surface area (Å²) in [6, 6.07) is 0. The number of aliphatic hydroxyl groups is 3. The quantitative estimate of drug-likeness (QED) is 0.468. The van der Waals surface area contributed by atoms with Gasteiger partial charge in [0.05, 0.1) is 0 Å². The maximum atomic E-state index is 8.06. The fourth-order valence-electron chi connectivity index (χ4n) is 0. The number of hydrogen-bond acceptors (Lipinski definition) is 3. The molecule has 0 radical (unpaired) electrons. The van der Waals surface area contributed by atoms with Crippen molar-refractivity contribution in [1.29, 1.82) is 0 Å². The molecule has 3 nitrogen and oxygen atoms in total. The van der Waals surface area contributed by atoms with E-state index >= 15 is 0 Å². The third kappa shape index (κ3) is 7640. The summed E-state index contributed by atoms with van der Waals surface area (Å²) in [6.45, 7) is 14.3. The first-order chi connectivity index (χ1) is 6.61. The molecule has 0 aliphatic rings. The van der Waals surface area contributed by atoms with Crippen LogP contribution in [0.3, 0.4) is 0 Å². The Bertz CT molecular complexity index is 54.1. The molecule has 0 atom stereocenters. The van der Waals surface area contributed by atoms with Crippen molar-refractivity contribution in [3.63, 3.8) is 0 Å². The van der Waals surface area contributed by atoms with Crippen LogP contribution in [0.1, 0.15) is 55.4 Å². The van der Waals surface area contributed by atoms with E-state index in [9.17, 15) is 0 Å². The van der Waals surface area contributed by atoms with Gasteiger partial charge in [-0.2, -0.15) is 13.8 Å². The molecule has 0 aliphatic heterocycles. The average Bonchev–Trinajstić information content (AvgIpc) is 1.81. The molecule has 0 aromatic rings. The van der Waals surface area contributed by atoms with Gasteiger partial charge >= 0.3 is 0 Å². The van der Waals surface area contributed by atoms with Crippen molar-refractivity contribution in [2.45, 2.75) is 73.7 Å². The van der Waals surface area contributed by atoms with E-state index in [0.717, 1.165) is 0 Å². The van der Waals surface area contributed by atoms with Gasteiger partial charge < -0.3 is 21.7 Å². The van der Waals surface area contributed by atoms with E-state index in [1.54, 1.807) is 41.5 Å². The topological polar surface area (TPSA) is 60.7 Å². The Hall–Kier alpha value is 0.594. The Balaban J connectivity index is -0.0000000331. The standard InChI is InChI=1S/3C3H8O.C3H7.Ti/c3*1-3(2)4;1-3-2;/h3*3-4H,1-2H3;3H,1-2H3;/q;;;-1;. The summed E-state index contributed by atoms with van der Waals surface area (Å²) in [5.41, 5.74) is 0. The van der Waals surface area contributed by atoms with Gasteiger partial charge in [-0.15, -0.1) is 0 Å². The minimum absolute atomic E-state index is 0. The van der Waals surface area contributed by atoms with Gasteiger partial charge in [0.25, 0.3) is 0 Å². The van der Waals surface area contributed by atoms with Gasteiger partial charge in [0.2, 0.25) is 0 Å². The van der Waals surface area contributed by atoms with Crippen LogP contribution in [-0.2, 0) is 21.7 Å². The number of aliphatic hydroxyl groups excluding tert-OH is 3. The zero-order valence-corrected chi connectivity index (χ0v) is 13.7. The molecule has 16 heavy (non-hydrogen) atoms. The monoisotopic (exact) mass is 271 g/mol. The Labute approximate surface area is 117 Å². The van der Waals surface area contributed by atoms with Crippen LogP contribution in [0.25, 0.3) is 0 Å². The minimum Gasteiger partial charge on any atom is -0.394 e. The summed E-state index contributed by atoms with van der Waals surface area (Å²) in [5.74, 6) is 0. The Morgan fingerprint density at radius 2 is 0.625 bits per heavy atom. The van der Waals surface area contributed by atoms with E-state index in [1.807, 2.05) is 20.3 Å². The smallest absolute Gasteiger partial charge is 0.0483 e. The van der Waals surface area contributed by atoms with Crippen LogP contribution in [0.15, 0.2) is 0 Å². The molecule has 102 valence electrons. The van der Waals surface area contributed by atoms with Crippen LogP contribution in [0.4, 0.5) is 0 Å². The number of rotatable bonds is 0. The summed E-state index contributed by atoms with van der Waals surface area (Å²) in [6.07, 6.45) is 1.50. The van der Waals surface area contributed by atoms with Crippen molar-refractivity contribution in [3.8, 4) is 0 Å². The van der Waals surface area contributed by atoms with Crippen molar-refractivity contribution < 1.29 is 37.0 Å². The van der Waals surface area contributed by atoms with Crippen LogP contribution >= 0.6 is 0 Å². The maximum absolute atomic E-state index is 8.06. The SMILES string of the molecule is CC(C)O.CC(C)O.CC(C)O.C[CH-]C.[Ti]. The Morgan fingerprint density at radius 3 is 0.625 bits per heavy atom. The van der Waals surface area contributed by atoms with Gasteiger partial charge in [0, 0.05) is 40.0 Å². The molecule has 0 heterocycles. The van der Waals surface area contributed by atoms with Gasteiger partial charge in [-0.3, -0.25) is 0 Å². The molecule has 3 N–H and O–H groups in total. The number of hydrogen-bond donors (Lipinski definition) is 3. The molecule has 0 aromatic heterocycles. The van der Waals surface area contributed by atoms with E-state index in [-0.39, 0.29) is 40.0 Å². The van der Waals surface area contributed by atoms with Crippen molar-refractivity contribution in [3.05, 3.63) is 6.42 Å². The van der Waals surface area contributed by atoms with Gasteiger partial charge in [-0.05, 0) is 41.5 Å². The molecule has 0 aromatic carbocycles. The molecule has 0 amide bonds. The second kappa shape index (κ2) is 29.6. The molecule has 0 fully saturated rings. The second-order valence-corrected chi connectivity index (χ2v) is 3.86. The fraction of sp³-hybridized carbons (Fsp3) is 0.917. The first-order valence-corrected chi connectivity index (χ1v) is 5.39. The average molecular weight is 271 g/mol. The van der Waals surface area contributed by atoms with Crippen LogP contribution in [0.5, 0.6) is 0 Å². The van der Waals surface area contributed by atoms with Gasteiger partial charge in [-0.25, -0.2) is 0 Å². The summed E-state index contributed by atoms with van der Waals surface area (Å²) in [5, 5.41) is 24.2. The zero-order chi connectivity index (χ0) is 13.4. The Morgan fingerprint density at radius 1 is 0.625 bits per heavy atom. The molecule has 4 heteroatoms. The molecule has 0 rings (SSSR count). The van der Waals surface area contributed by atoms with Crippen molar-refractivity contribution in [1.82, 2.24) is 0 Å². The van der Waals surface area contributed by atoms with E-state index in [1.165, 1.54) is 0 Å². The summed E-state index contributed by atoms with van der Waals surface area (Å²) < 4.78 is 0. The van der Waals surface area contributed by atoms with Crippen LogP contribution in [-0.4, -0.2) is 33.6 Å². The molecule has 0 bridgehead atoms. The maximum Gasteiger partial charge on any atom is 0.0483 e. The van der Waals surface area contributed by atoms with Gasteiger partial charge in [-0.1, -0.05) is 0 Å². The summed E-state index contributed by atoms with van der Waals surface area (Å²) in [7, 11) is 0. The molecule has 0 aliphatic carbocycles.